The molecule has 1 aromatic carbocycles. The van der Waals surface area contributed by atoms with E-state index in [1.807, 2.05) is 11.0 Å². The number of hydrogen-bond donors (Lipinski definition) is 2. The van der Waals surface area contributed by atoms with E-state index < -0.39 is 0 Å². The number of nitrogens with one attached hydrogen (secondary N) is 1. The van der Waals surface area contributed by atoms with Crippen molar-refractivity contribution in [3.05, 3.63) is 29.3 Å². The third-order valence-corrected chi connectivity index (χ3v) is 5.19. The summed E-state index contributed by atoms with van der Waals surface area (Å²) in [7, 11) is 0. The minimum atomic E-state index is 0.257. The molecule has 1 fully saturated rings. The van der Waals surface area contributed by atoms with Gasteiger partial charge in [0.25, 0.3) is 0 Å². The predicted octanol–water partition coefficient (Wildman–Crippen LogP) is 2.30. The second-order valence-electron chi connectivity index (χ2n) is 6.81. The number of hydrogen-bond acceptors (Lipinski definition) is 3. The summed E-state index contributed by atoms with van der Waals surface area (Å²) >= 11 is 0. The molecule has 0 spiro atoms. The molecule has 2 N–H and O–H groups in total. The van der Waals surface area contributed by atoms with E-state index in [1.165, 1.54) is 18.4 Å². The number of benzene rings is 1. The summed E-state index contributed by atoms with van der Waals surface area (Å²) in [5, 5.41) is 13.1. The highest BCUT2D eigenvalue weighted by atomic mass is 16.3. The fourth-order valence-electron chi connectivity index (χ4n) is 3.69. The topological polar surface area (TPSA) is 52.6 Å². The zero-order valence-electron chi connectivity index (χ0n) is 13.3. The summed E-state index contributed by atoms with van der Waals surface area (Å²) < 4.78 is 0. The number of fused-ring (bicyclic) bond motifs is 1. The standard InChI is InChI=1S/C18H26N2O2/c1-13(15-3-2-7-19-11-15)9-18(22)20-8-6-14-4-5-17(21)10-16(14)12-20/h4-5,10,13,15,19,21H,2-3,6-9,11-12H2,1H3. The second-order valence-corrected chi connectivity index (χ2v) is 6.81. The number of aromatic hydroxyl groups is 1. The highest BCUT2D eigenvalue weighted by Gasteiger charge is 2.26. The summed E-state index contributed by atoms with van der Waals surface area (Å²) in [6.07, 6.45) is 3.99. The number of rotatable bonds is 3. The molecule has 2 aliphatic rings. The van der Waals surface area contributed by atoms with E-state index in [0.29, 0.717) is 24.8 Å². The number of carbonyl (C=O) groups is 1. The van der Waals surface area contributed by atoms with Crippen LogP contribution in [0.15, 0.2) is 18.2 Å². The average molecular weight is 302 g/mol. The van der Waals surface area contributed by atoms with Gasteiger partial charge < -0.3 is 15.3 Å². The van der Waals surface area contributed by atoms with Crippen LogP contribution in [0.1, 0.15) is 37.3 Å². The molecule has 0 radical (unpaired) electrons. The number of amides is 1. The first-order chi connectivity index (χ1) is 10.6. The van der Waals surface area contributed by atoms with E-state index in [1.54, 1.807) is 12.1 Å². The molecule has 0 bridgehead atoms. The summed E-state index contributed by atoms with van der Waals surface area (Å²) in [6, 6.07) is 5.50. The Hall–Kier alpha value is -1.55. The molecule has 2 heterocycles. The van der Waals surface area contributed by atoms with Crippen LogP contribution in [-0.2, 0) is 17.8 Å². The normalized spacial score (nSPS) is 23.0. The molecule has 2 unspecified atom stereocenters. The van der Waals surface area contributed by atoms with Crippen molar-refractivity contribution < 1.29 is 9.90 Å². The molecule has 0 aliphatic carbocycles. The zero-order chi connectivity index (χ0) is 15.5. The van der Waals surface area contributed by atoms with Gasteiger partial charge in [0.1, 0.15) is 5.75 Å². The summed E-state index contributed by atoms with van der Waals surface area (Å²) in [6.45, 7) is 5.80. The summed E-state index contributed by atoms with van der Waals surface area (Å²) in [5.74, 6) is 1.60. The number of carbonyl (C=O) groups excluding carboxylic acids is 1. The molecule has 3 rings (SSSR count). The lowest BCUT2D eigenvalue weighted by Crippen LogP contribution is -2.39. The Labute approximate surface area is 132 Å². The molecule has 120 valence electrons. The first-order valence-electron chi connectivity index (χ1n) is 8.43. The van der Waals surface area contributed by atoms with E-state index in [2.05, 4.69) is 12.2 Å². The van der Waals surface area contributed by atoms with Crippen LogP contribution < -0.4 is 5.32 Å². The van der Waals surface area contributed by atoms with Crippen molar-refractivity contribution in [2.75, 3.05) is 19.6 Å². The fourth-order valence-corrected chi connectivity index (χ4v) is 3.69. The van der Waals surface area contributed by atoms with Gasteiger partial charge in [0.15, 0.2) is 0 Å². The van der Waals surface area contributed by atoms with Crippen molar-refractivity contribution >= 4 is 5.91 Å². The van der Waals surface area contributed by atoms with E-state index in [-0.39, 0.29) is 11.7 Å². The maximum absolute atomic E-state index is 12.6. The first kappa shape index (κ1) is 15.3. The molecule has 22 heavy (non-hydrogen) atoms. The van der Waals surface area contributed by atoms with Crippen molar-refractivity contribution in [3.8, 4) is 5.75 Å². The predicted molar refractivity (Wildman–Crippen MR) is 86.6 cm³/mol. The Kier molecular flexibility index (Phi) is 4.67. The second kappa shape index (κ2) is 6.69. The molecule has 1 aromatic rings. The van der Waals surface area contributed by atoms with Gasteiger partial charge in [0, 0.05) is 19.5 Å². The molecule has 2 aliphatic heterocycles. The molecular formula is C18H26N2O2. The molecule has 4 heteroatoms. The Morgan fingerprint density at radius 3 is 3.09 bits per heavy atom. The van der Waals surface area contributed by atoms with Crippen molar-refractivity contribution in [2.24, 2.45) is 11.8 Å². The molecule has 1 saturated heterocycles. The maximum Gasteiger partial charge on any atom is 0.223 e. The SMILES string of the molecule is CC(CC(=O)N1CCc2ccc(O)cc2C1)C1CCCNC1. The van der Waals surface area contributed by atoms with Gasteiger partial charge in [-0.3, -0.25) is 4.79 Å². The Balaban J connectivity index is 1.59. The largest absolute Gasteiger partial charge is 0.508 e. The lowest BCUT2D eigenvalue weighted by Gasteiger charge is -2.32. The molecule has 0 saturated carbocycles. The highest BCUT2D eigenvalue weighted by molar-refractivity contribution is 5.76. The van der Waals surface area contributed by atoms with E-state index >= 15 is 0 Å². The molecule has 4 nitrogen and oxygen atoms in total. The van der Waals surface area contributed by atoms with Gasteiger partial charge in [-0.2, -0.15) is 0 Å². The van der Waals surface area contributed by atoms with Crippen molar-refractivity contribution in [3.63, 3.8) is 0 Å². The van der Waals surface area contributed by atoms with Crippen LogP contribution in [0.2, 0.25) is 0 Å². The van der Waals surface area contributed by atoms with Gasteiger partial charge in [-0.1, -0.05) is 13.0 Å². The minimum absolute atomic E-state index is 0.257. The van der Waals surface area contributed by atoms with E-state index in [4.69, 9.17) is 0 Å². The average Bonchev–Trinajstić information content (AvgIpc) is 2.54. The third kappa shape index (κ3) is 3.43. The lowest BCUT2D eigenvalue weighted by atomic mass is 9.85. The highest BCUT2D eigenvalue weighted by Crippen LogP contribution is 2.26. The van der Waals surface area contributed by atoms with Crippen LogP contribution in [0.5, 0.6) is 5.75 Å². The van der Waals surface area contributed by atoms with Crippen molar-refractivity contribution in [1.29, 1.82) is 0 Å². The quantitative estimate of drug-likeness (QED) is 0.901. The number of phenols is 1. The molecule has 2 atom stereocenters. The van der Waals surface area contributed by atoms with Gasteiger partial charge in [0.05, 0.1) is 0 Å². The van der Waals surface area contributed by atoms with E-state index in [9.17, 15) is 9.90 Å². The van der Waals surface area contributed by atoms with E-state index in [0.717, 1.165) is 31.6 Å². The monoisotopic (exact) mass is 302 g/mol. The third-order valence-electron chi connectivity index (χ3n) is 5.19. The summed E-state index contributed by atoms with van der Waals surface area (Å²) in [4.78, 5) is 14.5. The van der Waals surface area contributed by atoms with Crippen LogP contribution in [0, 0.1) is 11.8 Å². The first-order valence-corrected chi connectivity index (χ1v) is 8.43. The minimum Gasteiger partial charge on any atom is -0.508 e. The van der Waals surface area contributed by atoms with Gasteiger partial charge >= 0.3 is 0 Å². The summed E-state index contributed by atoms with van der Waals surface area (Å²) in [5.41, 5.74) is 2.35. The van der Waals surface area contributed by atoms with Crippen molar-refractivity contribution in [1.82, 2.24) is 10.2 Å². The Morgan fingerprint density at radius 2 is 2.32 bits per heavy atom. The zero-order valence-corrected chi connectivity index (χ0v) is 13.3. The fraction of sp³-hybridized carbons (Fsp3) is 0.611. The van der Waals surface area contributed by atoms with Crippen LogP contribution in [0.25, 0.3) is 0 Å². The maximum atomic E-state index is 12.6. The molecule has 1 amide bonds. The van der Waals surface area contributed by atoms with Crippen LogP contribution in [0.4, 0.5) is 0 Å². The number of phenolic OH excluding ortho intramolecular Hbond substituents is 1. The van der Waals surface area contributed by atoms with Crippen LogP contribution in [-0.4, -0.2) is 35.5 Å². The van der Waals surface area contributed by atoms with Crippen LogP contribution in [0.3, 0.4) is 0 Å². The Bertz CT molecular complexity index is 538. The van der Waals surface area contributed by atoms with Gasteiger partial charge in [-0.15, -0.1) is 0 Å². The van der Waals surface area contributed by atoms with Gasteiger partial charge in [-0.25, -0.2) is 0 Å². The van der Waals surface area contributed by atoms with Gasteiger partial charge in [-0.05, 0) is 67.4 Å². The van der Waals surface area contributed by atoms with Crippen LogP contribution >= 0.6 is 0 Å². The molecule has 0 aromatic heterocycles. The van der Waals surface area contributed by atoms with Crippen molar-refractivity contribution in [2.45, 2.75) is 39.2 Å². The number of piperidine rings is 1. The lowest BCUT2D eigenvalue weighted by molar-refractivity contribution is -0.133. The van der Waals surface area contributed by atoms with Gasteiger partial charge in [0.2, 0.25) is 5.91 Å². The Morgan fingerprint density at radius 1 is 1.45 bits per heavy atom. The smallest absolute Gasteiger partial charge is 0.223 e. The number of nitrogens with zero attached hydrogens (tertiary/aromatic N) is 1. The molecular weight excluding hydrogens is 276 g/mol.